The number of rotatable bonds is 9. The Labute approximate surface area is 195 Å². The van der Waals surface area contributed by atoms with Gasteiger partial charge in [0.25, 0.3) is 10.0 Å². The van der Waals surface area contributed by atoms with Crippen molar-refractivity contribution in [1.82, 2.24) is 4.98 Å². The molecule has 0 unspecified atom stereocenters. The first-order chi connectivity index (χ1) is 15.9. The molecule has 0 aliphatic heterocycles. The van der Waals surface area contributed by atoms with Gasteiger partial charge >= 0.3 is 5.97 Å². The van der Waals surface area contributed by atoms with Gasteiger partial charge in [-0.1, -0.05) is 24.3 Å². The Morgan fingerprint density at radius 2 is 1.82 bits per heavy atom. The Bertz CT molecular complexity index is 1300. The number of nitrogens with zero attached hydrogens (tertiary/aromatic N) is 2. The van der Waals surface area contributed by atoms with Gasteiger partial charge in [0.1, 0.15) is 28.5 Å². The highest BCUT2D eigenvalue weighted by Crippen LogP contribution is 2.26. The van der Waals surface area contributed by atoms with Crippen LogP contribution in [-0.2, 0) is 26.2 Å². The summed E-state index contributed by atoms with van der Waals surface area (Å²) in [4.78, 5) is 16.3. The maximum absolute atomic E-state index is 12.6. The molecule has 2 heterocycles. The van der Waals surface area contributed by atoms with Crippen molar-refractivity contribution in [3.05, 3.63) is 84.1 Å². The van der Waals surface area contributed by atoms with Crippen molar-refractivity contribution in [3.63, 3.8) is 0 Å². The van der Waals surface area contributed by atoms with Gasteiger partial charge in [-0.05, 0) is 47.8 Å². The molecule has 33 heavy (non-hydrogen) atoms. The van der Waals surface area contributed by atoms with Gasteiger partial charge in [0.15, 0.2) is 6.61 Å². The molecular formula is C23H20N2O6S2. The zero-order valence-corrected chi connectivity index (χ0v) is 19.2. The van der Waals surface area contributed by atoms with Crippen LogP contribution in [-0.4, -0.2) is 33.0 Å². The summed E-state index contributed by atoms with van der Waals surface area (Å²) >= 11 is 1.15. The number of carbonyl (C=O) groups excluding carboxylic acids is 1. The Balaban J connectivity index is 1.27. The molecule has 0 atom stereocenters. The molecule has 2 aromatic carbocycles. The minimum Gasteiger partial charge on any atom is -0.482 e. The quantitative estimate of drug-likeness (QED) is 0.326. The number of thiophene rings is 1. The number of anilines is 1. The Morgan fingerprint density at radius 3 is 2.52 bits per heavy atom. The molecule has 8 nitrogen and oxygen atoms in total. The number of carbonyl (C=O) groups is 1. The summed E-state index contributed by atoms with van der Waals surface area (Å²) in [5.41, 5.74) is 1.79. The molecule has 4 aromatic rings. The topological polar surface area (TPSA) is 98.9 Å². The van der Waals surface area contributed by atoms with Gasteiger partial charge in [-0.15, -0.1) is 11.3 Å². The molecule has 0 aliphatic rings. The van der Waals surface area contributed by atoms with Crippen LogP contribution in [0.5, 0.6) is 5.75 Å². The minimum absolute atomic E-state index is 0.0389. The number of aromatic nitrogens is 1. The third kappa shape index (κ3) is 5.41. The lowest BCUT2D eigenvalue weighted by molar-refractivity contribution is -0.147. The van der Waals surface area contributed by atoms with Crippen molar-refractivity contribution in [1.29, 1.82) is 0 Å². The second-order valence-electron chi connectivity index (χ2n) is 6.86. The van der Waals surface area contributed by atoms with Gasteiger partial charge in [-0.25, -0.2) is 18.2 Å². The molecule has 0 radical (unpaired) electrons. The van der Waals surface area contributed by atoms with Crippen LogP contribution in [0.15, 0.2) is 87.0 Å². The smallest absolute Gasteiger partial charge is 0.344 e. The Kier molecular flexibility index (Phi) is 6.76. The fourth-order valence-electron chi connectivity index (χ4n) is 2.86. The highest BCUT2D eigenvalue weighted by atomic mass is 32.2. The number of oxazole rings is 1. The molecule has 0 saturated heterocycles. The summed E-state index contributed by atoms with van der Waals surface area (Å²) in [5, 5.41) is 1.71. The number of hydrogen-bond acceptors (Lipinski definition) is 8. The Morgan fingerprint density at radius 1 is 1.06 bits per heavy atom. The van der Waals surface area contributed by atoms with Gasteiger partial charge in [0, 0.05) is 12.6 Å². The summed E-state index contributed by atoms with van der Waals surface area (Å²) in [5.74, 6) is 0.287. The van der Waals surface area contributed by atoms with E-state index in [4.69, 9.17) is 13.9 Å². The van der Waals surface area contributed by atoms with E-state index in [1.807, 2.05) is 30.3 Å². The molecule has 10 heteroatoms. The zero-order valence-electron chi connectivity index (χ0n) is 17.6. The SMILES string of the molecule is CN(c1ccc(OCC(=O)OCc2coc(-c3ccccc3)n2)cc1)S(=O)(=O)c1cccs1. The first kappa shape index (κ1) is 22.6. The van der Waals surface area contributed by atoms with Crippen LogP contribution in [0, 0.1) is 0 Å². The molecular weight excluding hydrogens is 464 g/mol. The van der Waals surface area contributed by atoms with Gasteiger partial charge in [0.2, 0.25) is 5.89 Å². The van der Waals surface area contributed by atoms with Gasteiger partial charge < -0.3 is 13.9 Å². The second kappa shape index (κ2) is 9.88. The number of benzene rings is 2. The largest absolute Gasteiger partial charge is 0.482 e. The van der Waals surface area contributed by atoms with Crippen molar-refractivity contribution in [2.24, 2.45) is 0 Å². The van der Waals surface area contributed by atoms with E-state index in [0.717, 1.165) is 16.9 Å². The molecule has 0 bridgehead atoms. The van der Waals surface area contributed by atoms with E-state index in [9.17, 15) is 13.2 Å². The van der Waals surface area contributed by atoms with Gasteiger partial charge in [-0.2, -0.15) is 0 Å². The molecule has 0 fully saturated rings. The Hall–Kier alpha value is -3.63. The van der Waals surface area contributed by atoms with Crippen LogP contribution < -0.4 is 9.04 Å². The lowest BCUT2D eigenvalue weighted by Crippen LogP contribution is -2.25. The number of ether oxygens (including phenoxy) is 2. The molecule has 0 spiro atoms. The van der Waals surface area contributed by atoms with Crippen molar-refractivity contribution >= 4 is 33.0 Å². The summed E-state index contributed by atoms with van der Waals surface area (Å²) in [6.07, 6.45) is 1.44. The van der Waals surface area contributed by atoms with Crippen molar-refractivity contribution in [2.45, 2.75) is 10.8 Å². The highest BCUT2D eigenvalue weighted by molar-refractivity contribution is 7.94. The lowest BCUT2D eigenvalue weighted by atomic mass is 10.2. The lowest BCUT2D eigenvalue weighted by Gasteiger charge is -2.18. The molecule has 0 amide bonds. The maximum Gasteiger partial charge on any atom is 0.344 e. The third-order valence-corrected chi connectivity index (χ3v) is 7.78. The van der Waals surface area contributed by atoms with Crippen LogP contribution in [0.2, 0.25) is 0 Å². The van der Waals surface area contributed by atoms with Crippen LogP contribution in [0.25, 0.3) is 11.5 Å². The average Bonchev–Trinajstić information content (AvgIpc) is 3.55. The molecule has 2 aromatic heterocycles. The molecule has 0 saturated carbocycles. The van der Waals surface area contributed by atoms with Crippen molar-refractivity contribution in [2.75, 3.05) is 18.0 Å². The highest BCUT2D eigenvalue weighted by Gasteiger charge is 2.22. The second-order valence-corrected chi connectivity index (χ2v) is 10.0. The molecule has 0 aliphatic carbocycles. The van der Waals surface area contributed by atoms with E-state index in [1.54, 1.807) is 41.8 Å². The number of sulfonamides is 1. The van der Waals surface area contributed by atoms with E-state index in [-0.39, 0.29) is 17.4 Å². The van der Waals surface area contributed by atoms with E-state index in [2.05, 4.69) is 4.98 Å². The first-order valence-corrected chi connectivity index (χ1v) is 12.2. The summed E-state index contributed by atoms with van der Waals surface area (Å²) < 4.78 is 42.7. The molecule has 170 valence electrons. The predicted octanol–water partition coefficient (Wildman–Crippen LogP) is 4.35. The van der Waals surface area contributed by atoms with Crippen molar-refractivity contribution in [3.8, 4) is 17.2 Å². The van der Waals surface area contributed by atoms with E-state index >= 15 is 0 Å². The standard InChI is InChI=1S/C23H20N2O6S2/c1-25(33(27,28)22-8-5-13-32-22)19-9-11-20(12-10-19)29-16-21(26)30-14-18-15-31-23(24-18)17-6-3-2-4-7-17/h2-13,15H,14,16H2,1H3. The summed E-state index contributed by atoms with van der Waals surface area (Å²) in [7, 11) is -2.13. The first-order valence-electron chi connectivity index (χ1n) is 9.84. The van der Waals surface area contributed by atoms with E-state index in [0.29, 0.717) is 23.0 Å². The van der Waals surface area contributed by atoms with Crippen molar-refractivity contribution < 1.29 is 27.1 Å². The predicted molar refractivity (Wildman–Crippen MR) is 124 cm³/mol. The number of esters is 1. The van der Waals surface area contributed by atoms with E-state index < -0.39 is 16.0 Å². The van der Waals surface area contributed by atoms with Gasteiger partial charge in [-0.3, -0.25) is 4.31 Å². The monoisotopic (exact) mass is 484 g/mol. The molecule has 4 rings (SSSR count). The average molecular weight is 485 g/mol. The van der Waals surface area contributed by atoms with Gasteiger partial charge in [0.05, 0.1) is 5.69 Å². The van der Waals surface area contributed by atoms with Crippen LogP contribution in [0.4, 0.5) is 5.69 Å². The van der Waals surface area contributed by atoms with Crippen LogP contribution in [0.1, 0.15) is 5.69 Å². The number of hydrogen-bond donors (Lipinski definition) is 0. The zero-order chi connectivity index (χ0) is 23.3. The van der Waals surface area contributed by atoms with Crippen LogP contribution >= 0.6 is 11.3 Å². The maximum atomic E-state index is 12.6. The fraction of sp³-hybridized carbons (Fsp3) is 0.130. The molecule has 0 N–H and O–H groups in total. The summed E-state index contributed by atoms with van der Waals surface area (Å²) in [6.45, 7) is -0.338. The summed E-state index contributed by atoms with van der Waals surface area (Å²) in [6, 6.07) is 19.0. The normalized spacial score (nSPS) is 11.2. The van der Waals surface area contributed by atoms with E-state index in [1.165, 1.54) is 17.6 Å². The van der Waals surface area contributed by atoms with Crippen LogP contribution in [0.3, 0.4) is 0 Å². The fourth-order valence-corrected chi connectivity index (χ4v) is 5.22. The minimum atomic E-state index is -3.61. The third-order valence-electron chi connectivity index (χ3n) is 4.62.